The van der Waals surface area contributed by atoms with Crippen molar-refractivity contribution in [2.45, 2.75) is 24.7 Å². The van der Waals surface area contributed by atoms with E-state index in [0.29, 0.717) is 41.8 Å². The van der Waals surface area contributed by atoms with E-state index in [1.165, 1.54) is 30.7 Å². The Bertz CT molecular complexity index is 973. The summed E-state index contributed by atoms with van der Waals surface area (Å²) in [4.78, 5) is 12.9. The molecule has 2 aromatic rings. The van der Waals surface area contributed by atoms with E-state index in [2.05, 4.69) is 12.2 Å². The molecular weight excluding hydrogens is 392 g/mol. The van der Waals surface area contributed by atoms with E-state index < -0.39 is 10.0 Å². The van der Waals surface area contributed by atoms with Crippen LogP contribution in [0.2, 0.25) is 0 Å². The van der Waals surface area contributed by atoms with E-state index in [4.69, 9.17) is 9.47 Å². The second-order valence-electron chi connectivity index (χ2n) is 7.16. The lowest BCUT2D eigenvalue weighted by Crippen LogP contribution is -2.39. The number of piperidine rings is 1. The Kier molecular flexibility index (Phi) is 6.44. The first-order valence-corrected chi connectivity index (χ1v) is 10.9. The van der Waals surface area contributed by atoms with Crippen LogP contribution in [0.1, 0.15) is 30.1 Å². The van der Waals surface area contributed by atoms with Crippen molar-refractivity contribution in [3.05, 3.63) is 48.0 Å². The Morgan fingerprint density at radius 3 is 2.45 bits per heavy atom. The number of hydrogen-bond acceptors (Lipinski definition) is 5. The van der Waals surface area contributed by atoms with E-state index >= 15 is 0 Å². The molecule has 0 bridgehead atoms. The number of methoxy groups -OCH3 is 2. The van der Waals surface area contributed by atoms with Gasteiger partial charge in [-0.3, -0.25) is 4.79 Å². The Morgan fingerprint density at radius 2 is 1.83 bits per heavy atom. The van der Waals surface area contributed by atoms with Crippen molar-refractivity contribution in [2.75, 3.05) is 32.6 Å². The van der Waals surface area contributed by atoms with Crippen molar-refractivity contribution in [1.82, 2.24) is 4.31 Å². The van der Waals surface area contributed by atoms with Crippen LogP contribution in [-0.4, -0.2) is 45.9 Å². The third kappa shape index (κ3) is 4.71. The Labute approximate surface area is 171 Å². The van der Waals surface area contributed by atoms with Gasteiger partial charge in [0.2, 0.25) is 10.0 Å². The molecule has 1 heterocycles. The highest BCUT2D eigenvalue weighted by atomic mass is 32.2. The van der Waals surface area contributed by atoms with Crippen molar-refractivity contribution in [3.8, 4) is 11.5 Å². The van der Waals surface area contributed by atoms with Crippen LogP contribution in [0.5, 0.6) is 11.5 Å². The van der Waals surface area contributed by atoms with Crippen LogP contribution >= 0.6 is 0 Å². The molecule has 1 amide bonds. The van der Waals surface area contributed by atoms with Crippen LogP contribution < -0.4 is 14.8 Å². The molecule has 1 fully saturated rings. The molecule has 156 valence electrons. The molecule has 29 heavy (non-hydrogen) atoms. The molecule has 0 aromatic heterocycles. The molecule has 0 saturated carbocycles. The highest BCUT2D eigenvalue weighted by molar-refractivity contribution is 7.89. The lowest BCUT2D eigenvalue weighted by atomic mass is 10.0. The molecule has 8 heteroatoms. The number of amides is 1. The number of anilines is 1. The SMILES string of the molecule is COc1ccc(OC)c(C(=O)Nc2ccc(S(=O)(=O)N3CCCC(C)C3)cc2)c1. The molecule has 1 unspecified atom stereocenters. The summed E-state index contributed by atoms with van der Waals surface area (Å²) in [5, 5.41) is 2.77. The summed E-state index contributed by atoms with van der Waals surface area (Å²) in [6.45, 7) is 3.14. The number of rotatable bonds is 6. The van der Waals surface area contributed by atoms with Gasteiger partial charge in [0.25, 0.3) is 5.91 Å². The number of ether oxygens (including phenoxy) is 2. The van der Waals surface area contributed by atoms with Crippen LogP contribution in [0.4, 0.5) is 5.69 Å². The van der Waals surface area contributed by atoms with E-state index in [1.54, 1.807) is 30.3 Å². The normalized spacial score (nSPS) is 17.6. The molecule has 0 aliphatic carbocycles. The minimum atomic E-state index is -3.53. The topological polar surface area (TPSA) is 84.9 Å². The zero-order valence-corrected chi connectivity index (χ0v) is 17.7. The zero-order chi connectivity index (χ0) is 21.0. The van der Waals surface area contributed by atoms with Gasteiger partial charge in [0, 0.05) is 18.8 Å². The number of nitrogens with one attached hydrogen (secondary N) is 1. The maximum atomic E-state index is 12.8. The number of carbonyl (C=O) groups excluding carboxylic acids is 1. The van der Waals surface area contributed by atoms with Crippen molar-refractivity contribution >= 4 is 21.6 Å². The van der Waals surface area contributed by atoms with E-state index in [-0.39, 0.29) is 10.8 Å². The van der Waals surface area contributed by atoms with Crippen molar-refractivity contribution in [2.24, 2.45) is 5.92 Å². The van der Waals surface area contributed by atoms with Crippen molar-refractivity contribution in [1.29, 1.82) is 0 Å². The molecule has 1 saturated heterocycles. The first-order chi connectivity index (χ1) is 13.8. The summed E-state index contributed by atoms with van der Waals surface area (Å²) < 4.78 is 37.6. The standard InChI is InChI=1S/C21H26N2O5S/c1-15-5-4-12-23(14-15)29(25,26)18-9-6-16(7-10-18)22-21(24)19-13-17(27-2)8-11-20(19)28-3/h6-11,13,15H,4-5,12,14H2,1-3H3,(H,22,24). The molecule has 1 aliphatic heterocycles. The second kappa shape index (κ2) is 8.84. The van der Waals surface area contributed by atoms with Gasteiger partial charge in [-0.2, -0.15) is 4.31 Å². The van der Waals surface area contributed by atoms with Crippen LogP contribution in [0, 0.1) is 5.92 Å². The summed E-state index contributed by atoms with van der Waals surface area (Å²) in [5.41, 5.74) is 0.816. The molecule has 2 aromatic carbocycles. The summed E-state index contributed by atoms with van der Waals surface area (Å²) in [6.07, 6.45) is 1.92. The fourth-order valence-electron chi connectivity index (χ4n) is 3.41. The molecule has 0 spiro atoms. The maximum absolute atomic E-state index is 12.8. The second-order valence-corrected chi connectivity index (χ2v) is 9.09. The third-order valence-corrected chi connectivity index (χ3v) is 6.90. The maximum Gasteiger partial charge on any atom is 0.259 e. The van der Waals surface area contributed by atoms with Crippen LogP contribution in [0.3, 0.4) is 0 Å². The van der Waals surface area contributed by atoms with Gasteiger partial charge in [-0.05, 0) is 61.2 Å². The van der Waals surface area contributed by atoms with Crippen LogP contribution in [-0.2, 0) is 10.0 Å². The molecule has 1 aliphatic rings. The number of nitrogens with zero attached hydrogens (tertiary/aromatic N) is 1. The summed E-state index contributed by atoms with van der Waals surface area (Å²) in [6, 6.07) is 11.2. The average molecular weight is 419 g/mol. The smallest absolute Gasteiger partial charge is 0.259 e. The van der Waals surface area contributed by atoms with Crippen molar-refractivity contribution < 1.29 is 22.7 Å². The minimum Gasteiger partial charge on any atom is -0.497 e. The number of carbonyl (C=O) groups is 1. The summed E-state index contributed by atoms with van der Waals surface area (Å²) in [7, 11) is -0.523. The van der Waals surface area contributed by atoms with Crippen LogP contribution in [0.15, 0.2) is 47.4 Å². The van der Waals surface area contributed by atoms with Gasteiger partial charge >= 0.3 is 0 Å². The van der Waals surface area contributed by atoms with E-state index in [0.717, 1.165) is 12.8 Å². The Hall–Kier alpha value is -2.58. The number of sulfonamides is 1. The average Bonchev–Trinajstić information content (AvgIpc) is 2.73. The van der Waals surface area contributed by atoms with Gasteiger partial charge in [0.15, 0.2) is 0 Å². The van der Waals surface area contributed by atoms with Gasteiger partial charge in [0.1, 0.15) is 11.5 Å². The lowest BCUT2D eigenvalue weighted by molar-refractivity contribution is 0.102. The van der Waals surface area contributed by atoms with Gasteiger partial charge in [0.05, 0.1) is 24.7 Å². The number of benzene rings is 2. The molecular formula is C21H26N2O5S. The van der Waals surface area contributed by atoms with Gasteiger partial charge in [-0.15, -0.1) is 0 Å². The highest BCUT2D eigenvalue weighted by Gasteiger charge is 2.28. The lowest BCUT2D eigenvalue weighted by Gasteiger charge is -2.30. The quantitative estimate of drug-likeness (QED) is 0.777. The fourth-order valence-corrected chi connectivity index (χ4v) is 5.01. The molecule has 3 rings (SSSR count). The van der Waals surface area contributed by atoms with Gasteiger partial charge in [-0.25, -0.2) is 8.42 Å². The Morgan fingerprint density at radius 1 is 1.10 bits per heavy atom. The van der Waals surface area contributed by atoms with Gasteiger partial charge < -0.3 is 14.8 Å². The molecule has 1 atom stereocenters. The first kappa shape index (κ1) is 21.1. The fraction of sp³-hybridized carbons (Fsp3) is 0.381. The first-order valence-electron chi connectivity index (χ1n) is 9.48. The zero-order valence-electron chi connectivity index (χ0n) is 16.8. The molecule has 7 nitrogen and oxygen atoms in total. The van der Waals surface area contributed by atoms with Crippen molar-refractivity contribution in [3.63, 3.8) is 0 Å². The largest absolute Gasteiger partial charge is 0.497 e. The molecule has 0 radical (unpaired) electrons. The van der Waals surface area contributed by atoms with E-state index in [9.17, 15) is 13.2 Å². The van der Waals surface area contributed by atoms with E-state index in [1.807, 2.05) is 0 Å². The number of hydrogen-bond donors (Lipinski definition) is 1. The monoisotopic (exact) mass is 418 g/mol. The van der Waals surface area contributed by atoms with Gasteiger partial charge in [-0.1, -0.05) is 6.92 Å². The predicted molar refractivity (Wildman–Crippen MR) is 111 cm³/mol. The predicted octanol–water partition coefficient (Wildman–Crippen LogP) is 3.38. The van der Waals surface area contributed by atoms with Crippen LogP contribution in [0.25, 0.3) is 0 Å². The molecule has 1 N–H and O–H groups in total. The summed E-state index contributed by atoms with van der Waals surface area (Å²) in [5.74, 6) is 0.936. The third-order valence-electron chi connectivity index (χ3n) is 5.02. The highest BCUT2D eigenvalue weighted by Crippen LogP contribution is 2.27. The summed E-state index contributed by atoms with van der Waals surface area (Å²) >= 11 is 0. The minimum absolute atomic E-state index is 0.226. The Balaban J connectivity index is 1.76.